The molecule has 6 rings (SSSR count). The number of carbonyl (C=O) groups excluding carboxylic acids is 2. The average Bonchev–Trinajstić information content (AvgIpc) is 3.67. The van der Waals surface area contributed by atoms with Crippen LogP contribution in [0.4, 0.5) is 5.13 Å². The molecule has 2 heterocycles. The van der Waals surface area contributed by atoms with Gasteiger partial charge in [-0.2, -0.15) is 0 Å². The molecule has 5 aromatic rings. The molecule has 1 fully saturated rings. The van der Waals surface area contributed by atoms with Crippen LogP contribution in [0.25, 0.3) is 5.76 Å². The quantitative estimate of drug-likeness (QED) is 0.0360. The first-order chi connectivity index (χ1) is 22.9. The lowest BCUT2D eigenvalue weighted by atomic mass is 9.95. The van der Waals surface area contributed by atoms with Gasteiger partial charge in [0, 0.05) is 11.3 Å². The Morgan fingerprint density at radius 2 is 1.62 bits per heavy atom. The van der Waals surface area contributed by atoms with E-state index in [2.05, 4.69) is 22.8 Å². The minimum atomic E-state index is -0.944. The number of aliphatic hydroxyl groups is 1. The first-order valence-corrected chi connectivity index (χ1v) is 16.6. The van der Waals surface area contributed by atoms with Gasteiger partial charge >= 0.3 is 5.91 Å². The van der Waals surface area contributed by atoms with Crippen molar-refractivity contribution in [3.8, 4) is 11.5 Å². The van der Waals surface area contributed by atoms with Crippen molar-refractivity contribution in [3.63, 3.8) is 0 Å². The molecule has 0 aliphatic carbocycles. The number of carbonyl (C=O) groups is 2. The number of hydrogen-bond donors (Lipinski definition) is 1. The van der Waals surface area contributed by atoms with Gasteiger partial charge in [0.05, 0.1) is 11.6 Å². The van der Waals surface area contributed by atoms with Gasteiger partial charge in [-0.15, -0.1) is 10.2 Å². The van der Waals surface area contributed by atoms with Gasteiger partial charge in [0.15, 0.2) is 4.34 Å². The molecule has 0 radical (unpaired) electrons. The molecular formula is C37H31N3O5S2. The summed E-state index contributed by atoms with van der Waals surface area (Å²) in [6.07, 6.45) is 1.64. The summed E-state index contributed by atoms with van der Waals surface area (Å²) in [7, 11) is 0. The Bertz CT molecular complexity index is 1920. The number of aliphatic hydroxyl groups excluding tert-OH is 1. The van der Waals surface area contributed by atoms with Crippen molar-refractivity contribution in [1.82, 2.24) is 10.2 Å². The van der Waals surface area contributed by atoms with Crippen LogP contribution in [0.2, 0.25) is 0 Å². The fourth-order valence-electron chi connectivity index (χ4n) is 5.16. The molecule has 47 heavy (non-hydrogen) atoms. The third-order valence-electron chi connectivity index (χ3n) is 7.43. The van der Waals surface area contributed by atoms with E-state index in [0.717, 1.165) is 16.7 Å². The maximum Gasteiger partial charge on any atom is 0.301 e. The van der Waals surface area contributed by atoms with Gasteiger partial charge in [-0.3, -0.25) is 14.5 Å². The van der Waals surface area contributed by atoms with Crippen molar-refractivity contribution >= 4 is 45.7 Å². The molecule has 1 N–H and O–H groups in total. The summed E-state index contributed by atoms with van der Waals surface area (Å²) < 4.78 is 12.2. The molecule has 10 heteroatoms. The van der Waals surface area contributed by atoms with Crippen molar-refractivity contribution in [2.45, 2.75) is 29.7 Å². The van der Waals surface area contributed by atoms with Crippen LogP contribution >= 0.6 is 23.1 Å². The molecule has 1 unspecified atom stereocenters. The second kappa shape index (κ2) is 14.5. The van der Waals surface area contributed by atoms with Gasteiger partial charge in [-0.25, -0.2) is 0 Å². The van der Waals surface area contributed by atoms with Crippen molar-refractivity contribution < 1.29 is 24.2 Å². The standard InChI is InChI=1S/C37H31N3O5S2/c1-3-20-44-29-16-12-27(13-17-29)32-31(33(41)28-14-18-30(19-15-28)45-22-26-11-7-8-24(2)21-26)34(42)35(43)40(32)36-38-39-37(47-36)46-23-25-9-5-4-6-10-25/h3-19,21,32,41H,1,20,22-23H2,2H3. The number of anilines is 1. The Balaban J connectivity index is 1.31. The molecule has 1 amide bonds. The topological polar surface area (TPSA) is 102 Å². The summed E-state index contributed by atoms with van der Waals surface area (Å²) in [6.45, 7) is 6.42. The minimum Gasteiger partial charge on any atom is -0.507 e. The van der Waals surface area contributed by atoms with Gasteiger partial charge in [0.25, 0.3) is 5.78 Å². The molecule has 1 saturated heterocycles. The highest BCUT2D eigenvalue weighted by atomic mass is 32.2. The highest BCUT2D eigenvalue weighted by Gasteiger charge is 2.48. The zero-order valence-electron chi connectivity index (χ0n) is 25.5. The van der Waals surface area contributed by atoms with Gasteiger partial charge in [-0.1, -0.05) is 108 Å². The SMILES string of the molecule is C=CCOc1ccc(C2C(=C(O)c3ccc(OCc4cccc(C)c4)cc3)C(=O)C(=O)N2c2nnc(SCc3ccccc3)s2)cc1. The van der Waals surface area contributed by atoms with E-state index >= 15 is 0 Å². The van der Waals surface area contributed by atoms with Crippen LogP contribution in [0.15, 0.2) is 126 Å². The minimum absolute atomic E-state index is 0.0446. The number of hydrogen-bond acceptors (Lipinski definition) is 9. The van der Waals surface area contributed by atoms with E-state index in [1.165, 1.54) is 28.0 Å². The number of Topliss-reactive ketones (excluding diaryl/α,β-unsaturated/α-hetero) is 1. The Morgan fingerprint density at radius 3 is 2.34 bits per heavy atom. The number of aryl methyl sites for hydroxylation is 1. The van der Waals surface area contributed by atoms with E-state index in [1.807, 2.05) is 55.5 Å². The molecule has 1 aliphatic heterocycles. The lowest BCUT2D eigenvalue weighted by Gasteiger charge is -2.22. The van der Waals surface area contributed by atoms with Crippen LogP contribution in [0.3, 0.4) is 0 Å². The molecule has 0 bridgehead atoms. The first kappa shape index (κ1) is 31.8. The predicted octanol–water partition coefficient (Wildman–Crippen LogP) is 7.91. The maximum absolute atomic E-state index is 13.6. The van der Waals surface area contributed by atoms with Gasteiger partial charge in [0.1, 0.15) is 30.5 Å². The van der Waals surface area contributed by atoms with Crippen molar-refractivity contribution in [2.75, 3.05) is 11.5 Å². The van der Waals surface area contributed by atoms with Gasteiger partial charge in [-0.05, 0) is 60.0 Å². The Kier molecular flexibility index (Phi) is 9.80. The number of rotatable bonds is 12. The number of amides is 1. The molecule has 0 spiro atoms. The highest BCUT2D eigenvalue weighted by molar-refractivity contribution is 8.00. The van der Waals surface area contributed by atoms with Crippen LogP contribution in [-0.2, 0) is 21.9 Å². The van der Waals surface area contributed by atoms with E-state index in [1.54, 1.807) is 54.6 Å². The number of ether oxygens (including phenoxy) is 2. The lowest BCUT2D eigenvalue weighted by Crippen LogP contribution is -2.29. The van der Waals surface area contributed by atoms with Crippen LogP contribution < -0.4 is 14.4 Å². The summed E-state index contributed by atoms with van der Waals surface area (Å²) in [5.74, 6) is -0.0252. The molecule has 0 saturated carbocycles. The third kappa shape index (κ3) is 7.29. The Morgan fingerprint density at radius 1 is 0.915 bits per heavy atom. The molecule has 1 aromatic heterocycles. The van der Waals surface area contributed by atoms with E-state index in [9.17, 15) is 14.7 Å². The summed E-state index contributed by atoms with van der Waals surface area (Å²) in [4.78, 5) is 28.6. The number of thioether (sulfide) groups is 1. The Hall–Kier alpha value is -5.19. The monoisotopic (exact) mass is 661 g/mol. The second-order valence-electron chi connectivity index (χ2n) is 10.8. The van der Waals surface area contributed by atoms with E-state index in [4.69, 9.17) is 9.47 Å². The number of ketones is 1. The largest absolute Gasteiger partial charge is 0.507 e. The zero-order chi connectivity index (χ0) is 32.8. The van der Waals surface area contributed by atoms with Crippen LogP contribution in [0.5, 0.6) is 11.5 Å². The summed E-state index contributed by atoms with van der Waals surface area (Å²) in [5.41, 5.74) is 4.24. The predicted molar refractivity (Wildman–Crippen MR) is 185 cm³/mol. The lowest BCUT2D eigenvalue weighted by molar-refractivity contribution is -0.132. The average molecular weight is 662 g/mol. The summed E-state index contributed by atoms with van der Waals surface area (Å²) in [6, 6.07) is 30.9. The smallest absolute Gasteiger partial charge is 0.301 e. The Labute approximate surface area is 281 Å². The second-order valence-corrected chi connectivity index (χ2v) is 12.9. The number of aromatic nitrogens is 2. The molecule has 8 nitrogen and oxygen atoms in total. The molecule has 236 valence electrons. The third-order valence-corrected chi connectivity index (χ3v) is 9.56. The van der Waals surface area contributed by atoms with Crippen LogP contribution in [0.1, 0.15) is 33.9 Å². The van der Waals surface area contributed by atoms with E-state index in [0.29, 0.717) is 45.9 Å². The summed E-state index contributed by atoms with van der Waals surface area (Å²) in [5, 5.41) is 20.4. The van der Waals surface area contributed by atoms with E-state index < -0.39 is 17.7 Å². The fraction of sp³-hybridized carbons (Fsp3) is 0.135. The van der Waals surface area contributed by atoms with Crippen molar-refractivity contribution in [1.29, 1.82) is 0 Å². The normalized spacial score (nSPS) is 15.5. The summed E-state index contributed by atoms with van der Waals surface area (Å²) >= 11 is 2.72. The first-order valence-electron chi connectivity index (χ1n) is 14.8. The van der Waals surface area contributed by atoms with Crippen LogP contribution in [-0.4, -0.2) is 33.6 Å². The maximum atomic E-state index is 13.6. The molecule has 1 atom stereocenters. The number of benzene rings is 4. The zero-order valence-corrected chi connectivity index (χ0v) is 27.2. The van der Waals surface area contributed by atoms with Gasteiger partial charge in [0.2, 0.25) is 5.13 Å². The van der Waals surface area contributed by atoms with Gasteiger partial charge < -0.3 is 14.6 Å². The molecule has 1 aliphatic rings. The van der Waals surface area contributed by atoms with Crippen molar-refractivity contribution in [3.05, 3.63) is 149 Å². The molecular weight excluding hydrogens is 631 g/mol. The number of nitrogens with zero attached hydrogens (tertiary/aromatic N) is 3. The van der Waals surface area contributed by atoms with Crippen LogP contribution in [0, 0.1) is 6.92 Å². The van der Waals surface area contributed by atoms with Crippen molar-refractivity contribution in [2.24, 2.45) is 0 Å². The fourth-order valence-corrected chi connectivity index (χ4v) is 6.98. The van der Waals surface area contributed by atoms with E-state index in [-0.39, 0.29) is 16.5 Å². The highest BCUT2D eigenvalue weighted by Crippen LogP contribution is 2.44. The molecule has 4 aromatic carbocycles.